The van der Waals surface area contributed by atoms with Crippen molar-refractivity contribution in [2.24, 2.45) is 5.10 Å². The molecule has 0 saturated heterocycles. The molecule has 0 spiro atoms. The van der Waals surface area contributed by atoms with Gasteiger partial charge in [-0.25, -0.2) is 5.43 Å². The molecule has 0 unspecified atom stereocenters. The molecule has 28 heavy (non-hydrogen) atoms. The first kappa shape index (κ1) is 19.7. The maximum Gasteiger partial charge on any atom is 0.271 e. The summed E-state index contributed by atoms with van der Waals surface area (Å²) in [5, 5.41) is 4.08. The molecular weight excluding hydrogens is 356 g/mol. The summed E-state index contributed by atoms with van der Waals surface area (Å²) in [6.45, 7) is 8.42. The largest absolute Gasteiger partial charge is 0.493 e. The van der Waals surface area contributed by atoms with E-state index in [0.717, 1.165) is 34.8 Å². The van der Waals surface area contributed by atoms with E-state index in [0.29, 0.717) is 12.2 Å². The highest BCUT2D eigenvalue weighted by molar-refractivity contribution is 5.95. The number of amides is 1. The van der Waals surface area contributed by atoms with E-state index in [1.54, 1.807) is 30.5 Å². The molecule has 6 nitrogen and oxygen atoms in total. The van der Waals surface area contributed by atoms with E-state index in [9.17, 15) is 4.79 Å². The molecule has 1 aliphatic rings. The Labute approximate surface area is 165 Å². The summed E-state index contributed by atoms with van der Waals surface area (Å²) in [5.74, 6) is 2.00. The molecule has 1 heterocycles. The fraction of sp³-hybridized carbons (Fsp3) is 0.364. The Kier molecular flexibility index (Phi) is 6.19. The number of nitrogens with one attached hydrogen (secondary N) is 1. The first-order chi connectivity index (χ1) is 13.5. The quantitative estimate of drug-likeness (QED) is 0.581. The van der Waals surface area contributed by atoms with Crippen LogP contribution in [0.5, 0.6) is 17.2 Å². The van der Waals surface area contributed by atoms with Crippen molar-refractivity contribution >= 4 is 12.1 Å². The van der Waals surface area contributed by atoms with Crippen LogP contribution in [0.15, 0.2) is 41.5 Å². The first-order valence-corrected chi connectivity index (χ1v) is 9.52. The van der Waals surface area contributed by atoms with Crippen molar-refractivity contribution < 1.29 is 19.0 Å². The molecule has 148 valence electrons. The number of fused-ring (bicyclic) bond motifs is 1. The Balaban J connectivity index is 1.68. The van der Waals surface area contributed by atoms with Gasteiger partial charge in [0.15, 0.2) is 0 Å². The highest BCUT2D eigenvalue weighted by Crippen LogP contribution is 2.34. The Morgan fingerprint density at radius 2 is 2.07 bits per heavy atom. The molecule has 2 aromatic carbocycles. The summed E-state index contributed by atoms with van der Waals surface area (Å²) < 4.78 is 17.1. The van der Waals surface area contributed by atoms with E-state index in [4.69, 9.17) is 14.2 Å². The molecule has 0 radical (unpaired) electrons. The van der Waals surface area contributed by atoms with Gasteiger partial charge in [0.05, 0.1) is 18.9 Å². The molecule has 0 fully saturated rings. The molecule has 0 aromatic heterocycles. The SMILES string of the molecule is CCOc1cc2c(cc1/C=N\NC(=O)c1ccc(OC(C)C)cc1)O[C@H](C)C2. The summed E-state index contributed by atoms with van der Waals surface area (Å²) in [6.07, 6.45) is 2.67. The number of carbonyl (C=O) groups excluding carboxylic acids is 1. The van der Waals surface area contributed by atoms with Crippen molar-refractivity contribution in [1.29, 1.82) is 0 Å². The predicted octanol–water partition coefficient (Wildman–Crippen LogP) is 3.96. The normalized spacial score (nSPS) is 15.4. The smallest absolute Gasteiger partial charge is 0.271 e. The lowest BCUT2D eigenvalue weighted by Gasteiger charge is -2.10. The van der Waals surface area contributed by atoms with Gasteiger partial charge in [-0.05, 0) is 64.1 Å². The van der Waals surface area contributed by atoms with Crippen molar-refractivity contribution in [2.75, 3.05) is 6.61 Å². The van der Waals surface area contributed by atoms with Crippen LogP contribution in [-0.2, 0) is 6.42 Å². The Bertz CT molecular complexity index is 860. The molecule has 2 aromatic rings. The van der Waals surface area contributed by atoms with Crippen LogP contribution in [0.4, 0.5) is 0 Å². The third-order valence-corrected chi connectivity index (χ3v) is 4.19. The molecular formula is C22H26N2O4. The molecule has 1 N–H and O–H groups in total. The van der Waals surface area contributed by atoms with Crippen LogP contribution in [-0.4, -0.2) is 30.9 Å². The van der Waals surface area contributed by atoms with E-state index >= 15 is 0 Å². The average molecular weight is 382 g/mol. The van der Waals surface area contributed by atoms with Crippen molar-refractivity contribution in [2.45, 2.75) is 46.3 Å². The zero-order chi connectivity index (χ0) is 20.1. The molecule has 1 amide bonds. The van der Waals surface area contributed by atoms with Crippen LogP contribution >= 0.6 is 0 Å². The van der Waals surface area contributed by atoms with Gasteiger partial charge in [0, 0.05) is 23.1 Å². The van der Waals surface area contributed by atoms with Crippen molar-refractivity contribution in [3.05, 3.63) is 53.1 Å². The fourth-order valence-corrected chi connectivity index (χ4v) is 3.02. The highest BCUT2D eigenvalue weighted by atomic mass is 16.5. The Morgan fingerprint density at radius 1 is 1.32 bits per heavy atom. The van der Waals surface area contributed by atoms with Crippen LogP contribution in [0.2, 0.25) is 0 Å². The molecule has 6 heteroatoms. The number of nitrogens with zero attached hydrogens (tertiary/aromatic N) is 1. The summed E-state index contributed by atoms with van der Waals surface area (Å²) in [4.78, 5) is 12.3. The van der Waals surface area contributed by atoms with Crippen molar-refractivity contribution in [3.8, 4) is 17.2 Å². The first-order valence-electron chi connectivity index (χ1n) is 9.52. The minimum atomic E-state index is -0.295. The van der Waals surface area contributed by atoms with Crippen LogP contribution in [0, 0.1) is 0 Å². The Hall–Kier alpha value is -3.02. The van der Waals surface area contributed by atoms with Gasteiger partial charge in [0.25, 0.3) is 5.91 Å². The molecule has 1 atom stereocenters. The Morgan fingerprint density at radius 3 is 2.75 bits per heavy atom. The number of hydrogen-bond donors (Lipinski definition) is 1. The molecule has 0 aliphatic carbocycles. The van der Waals surface area contributed by atoms with E-state index in [2.05, 4.69) is 10.5 Å². The topological polar surface area (TPSA) is 69.2 Å². The fourth-order valence-electron chi connectivity index (χ4n) is 3.02. The van der Waals surface area contributed by atoms with E-state index < -0.39 is 0 Å². The van der Waals surface area contributed by atoms with E-state index in [1.165, 1.54) is 0 Å². The standard InChI is InChI=1S/C22H26N2O4/c1-5-26-20-11-17-10-15(4)28-21(17)12-18(20)13-23-24-22(25)16-6-8-19(9-7-16)27-14(2)3/h6-9,11-15H,5,10H2,1-4H3,(H,24,25)/b23-13-/t15-/m1/s1. The molecule has 1 aliphatic heterocycles. The maximum absolute atomic E-state index is 12.3. The lowest BCUT2D eigenvalue weighted by Crippen LogP contribution is -2.17. The van der Waals surface area contributed by atoms with Gasteiger partial charge in [-0.3, -0.25) is 4.79 Å². The van der Waals surface area contributed by atoms with Gasteiger partial charge in [-0.15, -0.1) is 0 Å². The monoisotopic (exact) mass is 382 g/mol. The van der Waals surface area contributed by atoms with Crippen LogP contribution in [0.3, 0.4) is 0 Å². The number of hydrogen-bond acceptors (Lipinski definition) is 5. The number of carbonyl (C=O) groups is 1. The molecule has 3 rings (SSSR count). The van der Waals surface area contributed by atoms with Gasteiger partial charge in [-0.1, -0.05) is 0 Å². The maximum atomic E-state index is 12.3. The van der Waals surface area contributed by atoms with Crippen LogP contribution < -0.4 is 19.6 Å². The summed E-state index contributed by atoms with van der Waals surface area (Å²) >= 11 is 0. The number of rotatable bonds is 7. The van der Waals surface area contributed by atoms with E-state index in [-0.39, 0.29) is 18.1 Å². The minimum Gasteiger partial charge on any atom is -0.493 e. The molecule has 0 saturated carbocycles. The average Bonchev–Trinajstić information content (AvgIpc) is 3.01. The number of benzene rings is 2. The van der Waals surface area contributed by atoms with Crippen molar-refractivity contribution in [3.63, 3.8) is 0 Å². The minimum absolute atomic E-state index is 0.0862. The highest BCUT2D eigenvalue weighted by Gasteiger charge is 2.21. The van der Waals surface area contributed by atoms with Gasteiger partial charge < -0.3 is 14.2 Å². The molecule has 0 bridgehead atoms. The van der Waals surface area contributed by atoms with Crippen LogP contribution in [0.1, 0.15) is 49.2 Å². The summed E-state index contributed by atoms with van der Waals surface area (Å²) in [6, 6.07) is 10.8. The third kappa shape index (κ3) is 4.82. The van der Waals surface area contributed by atoms with Gasteiger partial charge in [0.1, 0.15) is 23.4 Å². The second-order valence-electron chi connectivity index (χ2n) is 6.95. The van der Waals surface area contributed by atoms with Gasteiger partial charge in [-0.2, -0.15) is 5.10 Å². The third-order valence-electron chi connectivity index (χ3n) is 4.19. The van der Waals surface area contributed by atoms with Crippen molar-refractivity contribution in [1.82, 2.24) is 5.43 Å². The second kappa shape index (κ2) is 8.78. The zero-order valence-corrected chi connectivity index (χ0v) is 16.7. The predicted molar refractivity (Wildman–Crippen MR) is 109 cm³/mol. The number of ether oxygens (including phenoxy) is 3. The van der Waals surface area contributed by atoms with Gasteiger partial charge in [0.2, 0.25) is 0 Å². The number of hydrazone groups is 1. The summed E-state index contributed by atoms with van der Waals surface area (Å²) in [5.41, 5.74) is 4.94. The van der Waals surface area contributed by atoms with Gasteiger partial charge >= 0.3 is 0 Å². The second-order valence-corrected chi connectivity index (χ2v) is 6.95. The summed E-state index contributed by atoms with van der Waals surface area (Å²) in [7, 11) is 0. The lowest BCUT2D eigenvalue weighted by atomic mass is 10.1. The zero-order valence-electron chi connectivity index (χ0n) is 16.7. The van der Waals surface area contributed by atoms with Crippen LogP contribution in [0.25, 0.3) is 0 Å². The lowest BCUT2D eigenvalue weighted by molar-refractivity contribution is 0.0955. The van der Waals surface area contributed by atoms with E-state index in [1.807, 2.05) is 39.8 Å².